The average Bonchev–Trinajstić information content (AvgIpc) is 3.35. The normalized spacial score (nSPS) is 14.4. The van der Waals surface area contributed by atoms with Crippen LogP contribution >= 0.6 is 22.7 Å². The van der Waals surface area contributed by atoms with Gasteiger partial charge in [0.1, 0.15) is 10.8 Å². The molecule has 4 heterocycles. The SMILES string of the molecule is O=C(Cc1csc(-c2ccsc2)n1)Nc1ccc(N2CCOCC2)nc1. The van der Waals surface area contributed by atoms with Crippen LogP contribution < -0.4 is 10.2 Å². The number of amides is 1. The zero-order valence-corrected chi connectivity index (χ0v) is 15.7. The van der Waals surface area contributed by atoms with Crippen molar-refractivity contribution >= 4 is 40.1 Å². The maximum Gasteiger partial charge on any atom is 0.230 e. The Morgan fingerprint density at radius 2 is 2.12 bits per heavy atom. The van der Waals surface area contributed by atoms with E-state index in [1.807, 2.05) is 29.0 Å². The number of thiazole rings is 1. The fourth-order valence-corrected chi connectivity index (χ4v) is 4.25. The van der Waals surface area contributed by atoms with Gasteiger partial charge in [0, 0.05) is 29.4 Å². The van der Waals surface area contributed by atoms with Gasteiger partial charge < -0.3 is 15.0 Å². The van der Waals surface area contributed by atoms with Gasteiger partial charge in [-0.2, -0.15) is 11.3 Å². The van der Waals surface area contributed by atoms with E-state index in [9.17, 15) is 4.79 Å². The van der Waals surface area contributed by atoms with E-state index in [0.29, 0.717) is 5.69 Å². The molecule has 0 aliphatic carbocycles. The third-order valence-corrected chi connectivity index (χ3v) is 5.65. The lowest BCUT2D eigenvalue weighted by Gasteiger charge is -2.27. The number of pyridine rings is 1. The van der Waals surface area contributed by atoms with Gasteiger partial charge in [-0.15, -0.1) is 11.3 Å². The predicted octanol–water partition coefficient (Wildman–Crippen LogP) is 3.28. The van der Waals surface area contributed by atoms with Crippen LogP contribution in [0, 0.1) is 0 Å². The Hall–Kier alpha value is -2.29. The van der Waals surface area contributed by atoms with Gasteiger partial charge in [-0.1, -0.05) is 0 Å². The monoisotopic (exact) mass is 386 g/mol. The lowest BCUT2D eigenvalue weighted by Crippen LogP contribution is -2.36. The smallest absolute Gasteiger partial charge is 0.230 e. The third kappa shape index (κ3) is 4.09. The Kier molecular flexibility index (Phi) is 5.24. The summed E-state index contributed by atoms with van der Waals surface area (Å²) in [5, 5.41) is 9.86. The number of anilines is 2. The Morgan fingerprint density at radius 3 is 2.85 bits per heavy atom. The van der Waals surface area contributed by atoms with Crippen LogP contribution in [0.3, 0.4) is 0 Å². The van der Waals surface area contributed by atoms with E-state index in [2.05, 4.69) is 25.6 Å². The molecule has 0 radical (unpaired) electrons. The molecule has 6 nitrogen and oxygen atoms in total. The summed E-state index contributed by atoms with van der Waals surface area (Å²) in [6.45, 7) is 3.13. The number of ether oxygens (including phenoxy) is 1. The lowest BCUT2D eigenvalue weighted by molar-refractivity contribution is -0.115. The largest absolute Gasteiger partial charge is 0.378 e. The van der Waals surface area contributed by atoms with Gasteiger partial charge in [-0.3, -0.25) is 4.79 Å². The summed E-state index contributed by atoms with van der Waals surface area (Å²) < 4.78 is 5.35. The van der Waals surface area contributed by atoms with Gasteiger partial charge in [-0.05, 0) is 23.6 Å². The average molecular weight is 387 g/mol. The molecule has 4 rings (SSSR count). The van der Waals surface area contributed by atoms with Crippen molar-refractivity contribution < 1.29 is 9.53 Å². The van der Waals surface area contributed by atoms with Crippen molar-refractivity contribution in [2.45, 2.75) is 6.42 Å². The first-order chi connectivity index (χ1) is 12.8. The summed E-state index contributed by atoms with van der Waals surface area (Å²) in [5.41, 5.74) is 2.58. The summed E-state index contributed by atoms with van der Waals surface area (Å²) in [6, 6.07) is 5.85. The number of nitrogens with zero attached hydrogens (tertiary/aromatic N) is 3. The zero-order chi connectivity index (χ0) is 17.8. The third-order valence-electron chi connectivity index (χ3n) is 4.03. The molecule has 0 saturated carbocycles. The minimum atomic E-state index is -0.0897. The van der Waals surface area contributed by atoms with Crippen molar-refractivity contribution in [1.29, 1.82) is 0 Å². The molecule has 134 valence electrons. The molecular formula is C18H18N4O2S2. The summed E-state index contributed by atoms with van der Waals surface area (Å²) in [6.07, 6.45) is 1.95. The number of carbonyl (C=O) groups excluding carboxylic acids is 1. The Morgan fingerprint density at radius 1 is 1.23 bits per heavy atom. The van der Waals surface area contributed by atoms with Crippen molar-refractivity contribution in [2.75, 3.05) is 36.5 Å². The van der Waals surface area contributed by atoms with Crippen LogP contribution in [0.15, 0.2) is 40.5 Å². The van der Waals surface area contributed by atoms with Crippen molar-refractivity contribution in [3.8, 4) is 10.6 Å². The maximum absolute atomic E-state index is 12.3. The highest BCUT2D eigenvalue weighted by Crippen LogP contribution is 2.26. The van der Waals surface area contributed by atoms with Crippen molar-refractivity contribution in [3.63, 3.8) is 0 Å². The van der Waals surface area contributed by atoms with Gasteiger partial charge in [0.05, 0.1) is 37.2 Å². The molecule has 1 fully saturated rings. The number of hydrogen-bond acceptors (Lipinski definition) is 7. The fraction of sp³-hybridized carbons (Fsp3) is 0.278. The van der Waals surface area contributed by atoms with Crippen molar-refractivity contribution in [2.24, 2.45) is 0 Å². The number of thiophene rings is 1. The lowest BCUT2D eigenvalue weighted by atomic mass is 10.3. The van der Waals surface area contributed by atoms with Gasteiger partial charge >= 0.3 is 0 Å². The predicted molar refractivity (Wildman–Crippen MR) is 105 cm³/mol. The van der Waals surface area contributed by atoms with Crippen LogP contribution in [0.5, 0.6) is 0 Å². The molecule has 26 heavy (non-hydrogen) atoms. The second kappa shape index (κ2) is 7.94. The molecule has 1 N–H and O–H groups in total. The minimum absolute atomic E-state index is 0.0897. The standard InChI is InChI=1S/C18H18N4O2S2/c23-17(9-15-12-26-18(21-15)13-3-8-25-11-13)20-14-1-2-16(19-10-14)22-4-6-24-7-5-22/h1-3,8,10-12H,4-7,9H2,(H,20,23). The van der Waals surface area contributed by atoms with Crippen LogP contribution in [0.1, 0.15) is 5.69 Å². The highest BCUT2D eigenvalue weighted by molar-refractivity contribution is 7.14. The van der Waals surface area contributed by atoms with E-state index in [-0.39, 0.29) is 12.3 Å². The molecule has 3 aromatic heterocycles. The molecule has 1 aliphatic rings. The molecule has 3 aromatic rings. The fourth-order valence-electron chi connectivity index (χ4n) is 2.72. The summed E-state index contributed by atoms with van der Waals surface area (Å²) in [7, 11) is 0. The van der Waals surface area contributed by atoms with E-state index in [4.69, 9.17) is 4.74 Å². The van der Waals surface area contributed by atoms with Gasteiger partial charge in [0.15, 0.2) is 0 Å². The van der Waals surface area contributed by atoms with E-state index >= 15 is 0 Å². The van der Waals surface area contributed by atoms with Gasteiger partial charge in [0.25, 0.3) is 0 Å². The Bertz CT molecular complexity index is 856. The summed E-state index contributed by atoms with van der Waals surface area (Å²) in [5.74, 6) is 0.819. The number of aromatic nitrogens is 2. The Labute approximate surface area is 159 Å². The first-order valence-corrected chi connectivity index (χ1v) is 10.2. The Balaban J connectivity index is 1.34. The summed E-state index contributed by atoms with van der Waals surface area (Å²) >= 11 is 3.20. The molecular weight excluding hydrogens is 368 g/mol. The van der Waals surface area contributed by atoms with Gasteiger partial charge in [0.2, 0.25) is 5.91 Å². The maximum atomic E-state index is 12.3. The van der Waals surface area contributed by atoms with Crippen LogP contribution in [-0.4, -0.2) is 42.2 Å². The topological polar surface area (TPSA) is 67.4 Å². The quantitative estimate of drug-likeness (QED) is 0.729. The second-order valence-corrected chi connectivity index (χ2v) is 7.52. The van der Waals surface area contributed by atoms with E-state index in [1.165, 1.54) is 0 Å². The number of morpholine rings is 1. The molecule has 0 aromatic carbocycles. The van der Waals surface area contributed by atoms with E-state index < -0.39 is 0 Å². The highest BCUT2D eigenvalue weighted by atomic mass is 32.1. The first-order valence-electron chi connectivity index (χ1n) is 8.33. The molecule has 0 unspecified atom stereocenters. The number of hydrogen-bond donors (Lipinski definition) is 1. The number of nitrogens with one attached hydrogen (secondary N) is 1. The van der Waals surface area contributed by atoms with Crippen LogP contribution in [0.25, 0.3) is 10.6 Å². The van der Waals surface area contributed by atoms with Crippen LogP contribution in [0.4, 0.5) is 11.5 Å². The second-order valence-electron chi connectivity index (χ2n) is 5.89. The molecule has 1 aliphatic heterocycles. The molecule has 0 bridgehead atoms. The number of carbonyl (C=O) groups is 1. The van der Waals surface area contributed by atoms with Crippen LogP contribution in [0.2, 0.25) is 0 Å². The molecule has 1 amide bonds. The van der Waals surface area contributed by atoms with Gasteiger partial charge in [-0.25, -0.2) is 9.97 Å². The van der Waals surface area contributed by atoms with Crippen LogP contribution in [-0.2, 0) is 16.0 Å². The molecule has 1 saturated heterocycles. The zero-order valence-electron chi connectivity index (χ0n) is 14.1. The van der Waals surface area contributed by atoms with E-state index in [1.54, 1.807) is 28.9 Å². The van der Waals surface area contributed by atoms with E-state index in [0.717, 1.165) is 48.4 Å². The molecule has 8 heteroatoms. The number of rotatable bonds is 5. The summed E-state index contributed by atoms with van der Waals surface area (Å²) in [4.78, 5) is 23.4. The highest BCUT2D eigenvalue weighted by Gasteiger charge is 2.13. The van der Waals surface area contributed by atoms with Crippen molar-refractivity contribution in [3.05, 3.63) is 46.2 Å². The van der Waals surface area contributed by atoms with Crippen molar-refractivity contribution in [1.82, 2.24) is 9.97 Å². The molecule has 0 atom stereocenters. The molecule has 0 spiro atoms. The minimum Gasteiger partial charge on any atom is -0.378 e. The first kappa shape index (κ1) is 17.1.